The van der Waals surface area contributed by atoms with Crippen molar-refractivity contribution >= 4 is 17.5 Å². The van der Waals surface area contributed by atoms with Crippen LogP contribution in [0.1, 0.15) is 24.0 Å². The molecule has 2 aromatic heterocycles. The fourth-order valence-corrected chi connectivity index (χ4v) is 3.47. The number of urea groups is 1. The summed E-state index contributed by atoms with van der Waals surface area (Å²) >= 11 is 0. The number of nitrogens with one attached hydrogen (secondary N) is 1. The van der Waals surface area contributed by atoms with Crippen molar-refractivity contribution in [1.82, 2.24) is 14.9 Å². The number of nitrogens with zero attached hydrogens (tertiary/aromatic N) is 3. The van der Waals surface area contributed by atoms with Crippen LogP contribution in [0, 0.1) is 0 Å². The highest BCUT2D eigenvalue weighted by molar-refractivity contribution is 5.89. The van der Waals surface area contributed by atoms with Gasteiger partial charge in [0.05, 0.1) is 17.4 Å². The van der Waals surface area contributed by atoms with Crippen molar-refractivity contribution in [3.63, 3.8) is 0 Å². The Hall–Kier alpha value is -3.95. The summed E-state index contributed by atoms with van der Waals surface area (Å²) in [5.41, 5.74) is 0.562. The van der Waals surface area contributed by atoms with Crippen molar-refractivity contribution in [3.8, 4) is 11.6 Å². The second-order valence-electron chi connectivity index (χ2n) is 7.59. The third-order valence-corrected chi connectivity index (χ3v) is 5.25. The summed E-state index contributed by atoms with van der Waals surface area (Å²) in [5, 5.41) is 2.76. The van der Waals surface area contributed by atoms with E-state index in [9.17, 15) is 18.0 Å². The number of ether oxygens (including phenoxy) is 1. The molecular weight excluding hydrogens is 452 g/mol. The lowest BCUT2D eigenvalue weighted by molar-refractivity contribution is -0.137. The van der Waals surface area contributed by atoms with E-state index in [4.69, 9.17) is 4.74 Å². The third-order valence-electron chi connectivity index (χ3n) is 5.25. The largest absolute Gasteiger partial charge is 0.439 e. The van der Waals surface area contributed by atoms with Gasteiger partial charge in [-0.3, -0.25) is 4.98 Å². The molecule has 1 aromatic carbocycles. The second-order valence-corrected chi connectivity index (χ2v) is 7.59. The number of likely N-dealkylation sites (tertiary alicyclic amines) is 1. The average molecular weight is 472 g/mol. The Labute approximate surface area is 192 Å². The van der Waals surface area contributed by atoms with Gasteiger partial charge in [-0.1, -0.05) is 12.1 Å². The minimum atomic E-state index is -4.49. The lowest BCUT2D eigenvalue weighted by Gasteiger charge is -2.29. The number of pyridine rings is 2. The van der Waals surface area contributed by atoms with E-state index in [0.717, 1.165) is 12.1 Å². The summed E-state index contributed by atoms with van der Waals surface area (Å²) in [7, 11) is 0. The molecule has 3 aromatic rings. The molecular formula is C24H20F4N4O2. The maximum Gasteiger partial charge on any atom is 0.417 e. The van der Waals surface area contributed by atoms with Gasteiger partial charge < -0.3 is 15.0 Å². The maximum absolute atomic E-state index is 15.2. The van der Waals surface area contributed by atoms with Gasteiger partial charge in [0, 0.05) is 37.1 Å². The molecule has 1 fully saturated rings. The van der Waals surface area contributed by atoms with Crippen LogP contribution in [0.2, 0.25) is 0 Å². The molecule has 1 aliphatic heterocycles. The zero-order valence-electron chi connectivity index (χ0n) is 17.8. The van der Waals surface area contributed by atoms with Gasteiger partial charge >= 0.3 is 12.2 Å². The van der Waals surface area contributed by atoms with E-state index in [0.29, 0.717) is 43.4 Å². The quantitative estimate of drug-likeness (QED) is 0.453. The molecule has 1 N–H and O–H groups in total. The monoisotopic (exact) mass is 472 g/mol. The van der Waals surface area contributed by atoms with Crippen LogP contribution in [0.4, 0.5) is 28.0 Å². The van der Waals surface area contributed by atoms with Crippen molar-refractivity contribution in [3.05, 3.63) is 83.8 Å². The van der Waals surface area contributed by atoms with Crippen LogP contribution in [-0.2, 0) is 6.18 Å². The summed E-state index contributed by atoms with van der Waals surface area (Å²) in [5.74, 6) is -0.196. The van der Waals surface area contributed by atoms with E-state index in [1.54, 1.807) is 47.6 Å². The Morgan fingerprint density at radius 2 is 1.82 bits per heavy atom. The van der Waals surface area contributed by atoms with E-state index in [1.807, 2.05) is 0 Å². The molecule has 2 amide bonds. The van der Waals surface area contributed by atoms with Crippen molar-refractivity contribution in [2.24, 2.45) is 0 Å². The Kier molecular flexibility index (Phi) is 6.76. The topological polar surface area (TPSA) is 67.4 Å². The van der Waals surface area contributed by atoms with Crippen LogP contribution in [0.3, 0.4) is 0 Å². The molecule has 0 saturated carbocycles. The number of anilines is 1. The second kappa shape index (κ2) is 9.90. The Balaban J connectivity index is 1.39. The first-order valence-corrected chi connectivity index (χ1v) is 10.4. The van der Waals surface area contributed by atoms with Crippen molar-refractivity contribution < 1.29 is 27.1 Å². The molecule has 10 heteroatoms. The standard InChI is InChI=1S/C24H20F4N4O2/c25-22(16-8-11-32(12-9-16)23(33)31-19-4-2-10-29-15-19)17-3-1-5-20(13-17)34-21-7-6-18(14-30-21)24(26,27)28/h1-7,10,13-15H,8-9,11-12H2,(H,31,33). The number of aromatic nitrogens is 2. The lowest BCUT2D eigenvalue weighted by atomic mass is 10.00. The van der Waals surface area contributed by atoms with Gasteiger partial charge in [-0.15, -0.1) is 0 Å². The molecule has 6 nitrogen and oxygen atoms in total. The number of rotatable bonds is 4. The van der Waals surface area contributed by atoms with Crippen molar-refractivity contribution in [1.29, 1.82) is 0 Å². The molecule has 4 rings (SSSR count). The molecule has 0 spiro atoms. The molecule has 3 heterocycles. The minimum absolute atomic E-state index is 0.0360. The molecule has 0 radical (unpaired) electrons. The predicted octanol–water partition coefficient (Wildman–Crippen LogP) is 6.30. The minimum Gasteiger partial charge on any atom is -0.439 e. The Morgan fingerprint density at radius 3 is 2.47 bits per heavy atom. The highest BCUT2D eigenvalue weighted by Crippen LogP contribution is 2.32. The fraction of sp³-hybridized carbons (Fsp3) is 0.208. The van der Waals surface area contributed by atoms with Gasteiger partial charge in [-0.2, -0.15) is 13.2 Å². The van der Waals surface area contributed by atoms with E-state index in [1.165, 1.54) is 6.07 Å². The molecule has 34 heavy (non-hydrogen) atoms. The number of carbonyl (C=O) groups is 1. The number of benzene rings is 1. The summed E-state index contributed by atoms with van der Waals surface area (Å²) in [6.45, 7) is 0.723. The van der Waals surface area contributed by atoms with Crippen LogP contribution in [0.25, 0.3) is 5.83 Å². The van der Waals surface area contributed by atoms with E-state index >= 15 is 4.39 Å². The van der Waals surface area contributed by atoms with Gasteiger partial charge in [0.2, 0.25) is 5.88 Å². The van der Waals surface area contributed by atoms with E-state index in [2.05, 4.69) is 15.3 Å². The number of amides is 2. The number of alkyl halides is 3. The van der Waals surface area contributed by atoms with Crippen LogP contribution < -0.4 is 10.1 Å². The number of hydrogen-bond acceptors (Lipinski definition) is 4. The molecule has 0 bridgehead atoms. The number of carbonyl (C=O) groups excluding carboxylic acids is 1. The average Bonchev–Trinajstić information content (AvgIpc) is 2.84. The molecule has 0 aliphatic carbocycles. The Morgan fingerprint density at radius 1 is 1.03 bits per heavy atom. The van der Waals surface area contributed by atoms with Gasteiger partial charge in [-0.25, -0.2) is 14.2 Å². The molecule has 176 valence electrons. The third kappa shape index (κ3) is 5.69. The van der Waals surface area contributed by atoms with Gasteiger partial charge in [0.25, 0.3) is 0 Å². The summed E-state index contributed by atoms with van der Waals surface area (Å²) in [4.78, 5) is 21.6. The van der Waals surface area contributed by atoms with E-state index < -0.39 is 17.6 Å². The van der Waals surface area contributed by atoms with E-state index in [-0.39, 0.29) is 23.2 Å². The lowest BCUT2D eigenvalue weighted by Crippen LogP contribution is -2.39. The van der Waals surface area contributed by atoms with Crippen LogP contribution >= 0.6 is 0 Å². The number of halogens is 4. The molecule has 1 saturated heterocycles. The van der Waals surface area contributed by atoms with Gasteiger partial charge in [0.15, 0.2) is 0 Å². The summed E-state index contributed by atoms with van der Waals surface area (Å²) in [6, 6.07) is 11.3. The highest BCUT2D eigenvalue weighted by atomic mass is 19.4. The van der Waals surface area contributed by atoms with Crippen molar-refractivity contribution in [2.75, 3.05) is 18.4 Å². The van der Waals surface area contributed by atoms with Crippen LogP contribution in [0.15, 0.2) is 72.7 Å². The van der Waals surface area contributed by atoms with Crippen LogP contribution in [0.5, 0.6) is 11.6 Å². The first-order chi connectivity index (χ1) is 16.3. The first-order valence-electron chi connectivity index (χ1n) is 10.4. The highest BCUT2D eigenvalue weighted by Gasteiger charge is 2.30. The zero-order chi connectivity index (χ0) is 24.1. The molecule has 0 atom stereocenters. The zero-order valence-corrected chi connectivity index (χ0v) is 17.8. The number of piperidine rings is 1. The molecule has 0 unspecified atom stereocenters. The Bertz CT molecular complexity index is 1170. The van der Waals surface area contributed by atoms with Gasteiger partial charge in [0.1, 0.15) is 11.6 Å². The van der Waals surface area contributed by atoms with Crippen LogP contribution in [-0.4, -0.2) is 34.0 Å². The molecule has 1 aliphatic rings. The fourth-order valence-electron chi connectivity index (χ4n) is 3.47. The predicted molar refractivity (Wildman–Crippen MR) is 118 cm³/mol. The maximum atomic E-state index is 15.2. The first kappa shape index (κ1) is 23.2. The van der Waals surface area contributed by atoms with Gasteiger partial charge in [-0.05, 0) is 48.7 Å². The SMILES string of the molecule is O=C(Nc1cccnc1)N1CCC(=C(F)c2cccc(Oc3ccc(C(F)(F)F)cn3)c2)CC1. The normalized spacial score (nSPS) is 14.0. The summed E-state index contributed by atoms with van der Waals surface area (Å²) in [6.07, 6.45) is 0.0873. The van der Waals surface area contributed by atoms with Crippen molar-refractivity contribution in [2.45, 2.75) is 19.0 Å². The number of hydrogen-bond donors (Lipinski definition) is 1. The summed E-state index contributed by atoms with van der Waals surface area (Å²) < 4.78 is 58.7. The smallest absolute Gasteiger partial charge is 0.417 e.